The maximum absolute atomic E-state index is 12.5. The van der Waals surface area contributed by atoms with Gasteiger partial charge in [-0.25, -0.2) is 4.79 Å². The predicted octanol–water partition coefficient (Wildman–Crippen LogP) is 3.75. The van der Waals surface area contributed by atoms with Crippen molar-refractivity contribution >= 4 is 30.5 Å². The minimum absolute atomic E-state index is 0.111. The molecule has 206 valence electrons. The van der Waals surface area contributed by atoms with Crippen LogP contribution in [0.25, 0.3) is 0 Å². The van der Waals surface area contributed by atoms with Crippen LogP contribution in [0, 0.1) is 0 Å². The van der Waals surface area contributed by atoms with Crippen LogP contribution in [0.4, 0.5) is 10.5 Å². The van der Waals surface area contributed by atoms with Gasteiger partial charge in [-0.05, 0) is 61.4 Å². The molecule has 0 aromatic heterocycles. The molecule has 0 fully saturated rings. The van der Waals surface area contributed by atoms with Crippen LogP contribution in [0.3, 0.4) is 0 Å². The maximum Gasteiger partial charge on any atom is 0.408 e. The number of hydrogen-bond acceptors (Lipinski definition) is 5. The zero-order valence-electron chi connectivity index (χ0n) is 22.3. The second-order valence-electron chi connectivity index (χ2n) is 8.66. The number of alkyl carbamates (subject to hydrolysis) is 1. The summed E-state index contributed by atoms with van der Waals surface area (Å²) in [5, 5.41) is 10.7. The molecule has 2 aromatic rings. The van der Waals surface area contributed by atoms with Gasteiger partial charge < -0.3 is 26.0 Å². The van der Waals surface area contributed by atoms with E-state index in [1.807, 2.05) is 54.6 Å². The Kier molecular flexibility index (Phi) is 16.8. The average Bonchev–Trinajstić information content (AvgIpc) is 2.92. The number of benzene rings is 2. The van der Waals surface area contributed by atoms with Gasteiger partial charge in [-0.3, -0.25) is 14.4 Å². The van der Waals surface area contributed by atoms with Crippen LogP contribution in [0.15, 0.2) is 66.7 Å². The molecule has 0 aliphatic rings. The number of carbonyl (C=O) groups is 4. The summed E-state index contributed by atoms with van der Waals surface area (Å²) in [5.74, 6) is -0.253. The second-order valence-corrected chi connectivity index (χ2v) is 8.66. The summed E-state index contributed by atoms with van der Waals surface area (Å²) >= 11 is 0. The number of hydrogen-bond donors (Lipinski definition) is 4. The molecule has 9 nitrogen and oxygen atoms in total. The van der Waals surface area contributed by atoms with Gasteiger partial charge in [0.1, 0.15) is 12.6 Å². The van der Waals surface area contributed by atoms with E-state index in [1.54, 1.807) is 6.92 Å². The lowest BCUT2D eigenvalue weighted by Gasteiger charge is -2.18. The smallest absolute Gasteiger partial charge is 0.408 e. The van der Waals surface area contributed by atoms with Gasteiger partial charge in [0.2, 0.25) is 18.7 Å². The van der Waals surface area contributed by atoms with Crippen LogP contribution in [0.1, 0.15) is 44.2 Å². The number of anilines is 1. The molecule has 0 saturated carbocycles. The van der Waals surface area contributed by atoms with Crippen molar-refractivity contribution < 1.29 is 23.9 Å². The maximum atomic E-state index is 12.5. The van der Waals surface area contributed by atoms with E-state index in [0.717, 1.165) is 42.5 Å². The highest BCUT2D eigenvalue weighted by atomic mass is 16.5. The Morgan fingerprint density at radius 1 is 0.921 bits per heavy atom. The zero-order valence-corrected chi connectivity index (χ0v) is 22.3. The Morgan fingerprint density at radius 3 is 2.21 bits per heavy atom. The van der Waals surface area contributed by atoms with E-state index >= 15 is 0 Å². The van der Waals surface area contributed by atoms with Crippen LogP contribution in [0.5, 0.6) is 0 Å². The first-order valence-electron chi connectivity index (χ1n) is 12.7. The Bertz CT molecular complexity index is 980. The van der Waals surface area contributed by atoms with E-state index < -0.39 is 12.1 Å². The monoisotopic (exact) mass is 524 g/mol. The first kappa shape index (κ1) is 31.9. The van der Waals surface area contributed by atoms with Gasteiger partial charge in [0.15, 0.2) is 0 Å². The highest BCUT2D eigenvalue weighted by Crippen LogP contribution is 2.08. The van der Waals surface area contributed by atoms with E-state index in [1.165, 1.54) is 5.56 Å². The molecule has 4 N–H and O–H groups in total. The number of amides is 4. The summed E-state index contributed by atoms with van der Waals surface area (Å²) < 4.78 is 5.04. The molecular weight excluding hydrogens is 484 g/mol. The van der Waals surface area contributed by atoms with Gasteiger partial charge in [-0.1, -0.05) is 56.0 Å². The van der Waals surface area contributed by atoms with E-state index in [4.69, 9.17) is 4.74 Å². The molecule has 2 rings (SSSR count). The Hall–Kier alpha value is -4.14. The normalized spacial score (nSPS) is 10.6. The fraction of sp³-hybridized carbons (Fsp3) is 0.379. The number of aryl methyl sites for hydroxylation is 1. The number of rotatable bonds is 16. The summed E-state index contributed by atoms with van der Waals surface area (Å²) in [6.45, 7) is 8.78. The van der Waals surface area contributed by atoms with Crippen LogP contribution >= 0.6 is 0 Å². The zero-order chi connectivity index (χ0) is 28.0. The lowest BCUT2D eigenvalue weighted by Crippen LogP contribution is -2.48. The van der Waals surface area contributed by atoms with Gasteiger partial charge in [0.25, 0.3) is 0 Å². The lowest BCUT2D eigenvalue weighted by atomic mass is 10.1. The van der Waals surface area contributed by atoms with Crippen LogP contribution in [-0.4, -0.2) is 50.6 Å². The van der Waals surface area contributed by atoms with Gasteiger partial charge in [-0.15, -0.1) is 0 Å². The third-order valence-corrected chi connectivity index (χ3v) is 5.31. The summed E-state index contributed by atoms with van der Waals surface area (Å²) in [7, 11) is 0. The number of nitrogens with one attached hydrogen (secondary N) is 4. The summed E-state index contributed by atoms with van der Waals surface area (Å²) in [6, 6.07) is 16.6. The van der Waals surface area contributed by atoms with Crippen molar-refractivity contribution in [1.82, 2.24) is 16.0 Å². The van der Waals surface area contributed by atoms with Gasteiger partial charge >= 0.3 is 6.09 Å². The van der Waals surface area contributed by atoms with Crippen molar-refractivity contribution in [3.8, 4) is 0 Å². The van der Waals surface area contributed by atoms with E-state index in [0.29, 0.717) is 32.3 Å². The summed E-state index contributed by atoms with van der Waals surface area (Å²) in [6.07, 6.45) is 4.65. The highest BCUT2D eigenvalue weighted by Gasteiger charge is 2.21. The Morgan fingerprint density at radius 2 is 1.61 bits per heavy atom. The van der Waals surface area contributed by atoms with Crippen LogP contribution < -0.4 is 21.3 Å². The number of unbranched alkanes of at least 4 members (excludes halogenated alkanes) is 2. The van der Waals surface area contributed by atoms with Crippen molar-refractivity contribution in [1.29, 1.82) is 0 Å². The largest absolute Gasteiger partial charge is 0.445 e. The SMILES string of the molecule is C=C(C)COC(=O)NC(Cc1ccccc1)C(=O)NCCCCCNC=O.CCc1ccc(NC=O)cc1. The van der Waals surface area contributed by atoms with Crippen LogP contribution in [0.2, 0.25) is 0 Å². The molecule has 2 aromatic carbocycles. The Labute approximate surface area is 225 Å². The van der Waals surface area contributed by atoms with Gasteiger partial charge in [-0.2, -0.15) is 0 Å². The third kappa shape index (κ3) is 15.1. The molecular formula is C29H40N4O5. The minimum atomic E-state index is -0.721. The Balaban J connectivity index is 0.000000544. The molecule has 9 heteroatoms. The molecule has 4 amide bonds. The third-order valence-electron chi connectivity index (χ3n) is 5.31. The molecule has 38 heavy (non-hydrogen) atoms. The summed E-state index contributed by atoms with van der Waals surface area (Å²) in [5.41, 5.74) is 3.79. The summed E-state index contributed by atoms with van der Waals surface area (Å²) in [4.78, 5) is 44.6. The fourth-order valence-electron chi connectivity index (χ4n) is 3.26. The van der Waals surface area contributed by atoms with E-state index in [9.17, 15) is 19.2 Å². The van der Waals surface area contributed by atoms with E-state index in [-0.39, 0.29) is 12.5 Å². The number of ether oxygens (including phenoxy) is 1. The molecule has 1 atom stereocenters. The molecule has 0 aliphatic heterocycles. The molecule has 0 aliphatic carbocycles. The van der Waals surface area contributed by atoms with Crippen molar-refractivity contribution in [2.45, 2.75) is 52.0 Å². The quantitative estimate of drug-likeness (QED) is 0.151. The fourth-order valence-corrected chi connectivity index (χ4v) is 3.26. The topological polar surface area (TPSA) is 126 Å². The molecule has 0 bridgehead atoms. The van der Waals surface area contributed by atoms with E-state index in [2.05, 4.69) is 34.8 Å². The first-order valence-corrected chi connectivity index (χ1v) is 12.7. The minimum Gasteiger partial charge on any atom is -0.445 e. The first-order chi connectivity index (χ1) is 18.4. The highest BCUT2D eigenvalue weighted by molar-refractivity contribution is 5.85. The van der Waals surface area contributed by atoms with Gasteiger partial charge in [0, 0.05) is 25.2 Å². The molecule has 0 radical (unpaired) electrons. The molecule has 0 spiro atoms. The lowest BCUT2D eigenvalue weighted by molar-refractivity contribution is -0.123. The van der Waals surface area contributed by atoms with Crippen molar-refractivity contribution in [2.24, 2.45) is 0 Å². The van der Waals surface area contributed by atoms with Crippen LogP contribution in [-0.2, 0) is 32.0 Å². The second kappa shape index (κ2) is 20.0. The van der Waals surface area contributed by atoms with Crippen molar-refractivity contribution in [3.63, 3.8) is 0 Å². The molecule has 1 unspecified atom stereocenters. The van der Waals surface area contributed by atoms with Crippen molar-refractivity contribution in [3.05, 3.63) is 77.9 Å². The average molecular weight is 525 g/mol. The molecule has 0 saturated heterocycles. The molecule has 0 heterocycles. The predicted molar refractivity (Wildman–Crippen MR) is 150 cm³/mol. The standard InChI is InChI=1S/C20H29N3O4.C9H11NO/c1-16(2)14-27-20(26)23-18(13-17-9-5-3-6-10-17)19(25)22-12-8-4-7-11-21-15-24;1-2-8-3-5-9(6-4-8)10-7-11/h3,5-6,9-10,15,18H,1,4,7-8,11-14H2,2H3,(H,21,24)(H,22,25)(H,23,26);3-7H,2H2,1H3,(H,10,11). The van der Waals surface area contributed by atoms with Crippen molar-refractivity contribution in [2.75, 3.05) is 25.0 Å². The number of carbonyl (C=O) groups excluding carboxylic acids is 4. The van der Waals surface area contributed by atoms with Gasteiger partial charge in [0.05, 0.1) is 0 Å².